The Morgan fingerprint density at radius 2 is 1.76 bits per heavy atom. The molecule has 166 valence electrons. The lowest BCUT2D eigenvalue weighted by Crippen LogP contribution is -2.12. The van der Waals surface area contributed by atoms with Crippen LogP contribution in [0.25, 0.3) is 21.3 Å². The molecule has 9 heteroatoms. The lowest BCUT2D eigenvalue weighted by molar-refractivity contribution is 0.103. The average Bonchev–Trinajstić information content (AvgIpc) is 3.08. The fourth-order valence-corrected chi connectivity index (χ4v) is 5.12. The number of nitriles is 1. The van der Waals surface area contributed by atoms with Gasteiger partial charge in [-0.05, 0) is 35.2 Å². The van der Waals surface area contributed by atoms with E-state index in [0.717, 1.165) is 22.5 Å². The van der Waals surface area contributed by atoms with Crippen LogP contribution in [0.2, 0.25) is 10.0 Å². The molecule has 0 spiro atoms. The topological polar surface area (TPSA) is 118 Å². The van der Waals surface area contributed by atoms with Gasteiger partial charge in [-0.2, -0.15) is 5.26 Å². The third-order valence-corrected chi connectivity index (χ3v) is 6.74. The van der Waals surface area contributed by atoms with Gasteiger partial charge in [-0.3, -0.25) is 4.79 Å². The summed E-state index contributed by atoms with van der Waals surface area (Å²) in [6.45, 7) is 4.21. The Morgan fingerprint density at radius 3 is 2.33 bits per heavy atom. The zero-order chi connectivity index (χ0) is 23.9. The first-order valence-corrected chi connectivity index (χ1v) is 11.6. The predicted molar refractivity (Wildman–Crippen MR) is 137 cm³/mol. The van der Waals surface area contributed by atoms with Crippen LogP contribution in [0.5, 0.6) is 0 Å². The number of halogens is 2. The van der Waals surface area contributed by atoms with Gasteiger partial charge in [0.25, 0.3) is 5.91 Å². The van der Waals surface area contributed by atoms with Gasteiger partial charge in [-0.1, -0.05) is 61.3 Å². The van der Waals surface area contributed by atoms with E-state index in [9.17, 15) is 10.1 Å². The van der Waals surface area contributed by atoms with Crippen molar-refractivity contribution in [3.63, 3.8) is 0 Å². The fraction of sp³-hybridized carbons (Fsp3) is 0.125. The number of pyridine rings is 1. The Labute approximate surface area is 204 Å². The highest BCUT2D eigenvalue weighted by Gasteiger charge is 2.24. The van der Waals surface area contributed by atoms with Gasteiger partial charge in [0.1, 0.15) is 27.2 Å². The van der Waals surface area contributed by atoms with Gasteiger partial charge in [0.05, 0.1) is 5.69 Å². The number of thiophene rings is 1. The second kappa shape index (κ2) is 8.91. The molecular formula is C24H19Cl2N5OS. The second-order valence-corrected chi connectivity index (χ2v) is 9.64. The van der Waals surface area contributed by atoms with Gasteiger partial charge in [0, 0.05) is 26.7 Å². The predicted octanol–water partition coefficient (Wildman–Crippen LogP) is 6.68. The molecule has 0 atom stereocenters. The largest absolute Gasteiger partial charge is 0.397 e. The van der Waals surface area contributed by atoms with Crippen molar-refractivity contribution in [1.82, 2.24) is 4.98 Å². The molecular weight excluding hydrogens is 477 g/mol. The zero-order valence-electron chi connectivity index (χ0n) is 17.7. The number of rotatable bonds is 4. The van der Waals surface area contributed by atoms with Gasteiger partial charge in [-0.25, -0.2) is 4.98 Å². The van der Waals surface area contributed by atoms with Crippen molar-refractivity contribution in [3.8, 4) is 17.2 Å². The van der Waals surface area contributed by atoms with Crippen molar-refractivity contribution in [2.24, 2.45) is 0 Å². The molecule has 0 aliphatic rings. The summed E-state index contributed by atoms with van der Waals surface area (Å²) in [5.41, 5.74) is 15.9. The van der Waals surface area contributed by atoms with Crippen LogP contribution in [0.15, 0.2) is 42.5 Å². The summed E-state index contributed by atoms with van der Waals surface area (Å²) < 4.78 is 0. The highest BCUT2D eigenvalue weighted by Crippen LogP contribution is 2.43. The highest BCUT2D eigenvalue weighted by molar-refractivity contribution is 7.21. The summed E-state index contributed by atoms with van der Waals surface area (Å²) in [6, 6.07) is 14.7. The number of nitrogens with two attached hydrogens (primary N) is 2. The number of hydrogen-bond acceptors (Lipinski definition) is 6. The molecule has 0 saturated carbocycles. The second-order valence-electron chi connectivity index (χ2n) is 7.77. The molecule has 5 N–H and O–H groups in total. The van der Waals surface area contributed by atoms with Gasteiger partial charge in [-0.15, -0.1) is 11.3 Å². The molecule has 4 rings (SSSR count). The third kappa shape index (κ3) is 4.33. The smallest absolute Gasteiger partial charge is 0.267 e. The standard InChI is InChI=1S/C24H19Cl2N5OS/c1-11(2)12-3-5-13(6-4-12)18-17(10-27)22(29)31-24-19(18)20(28)21(33-24)23(32)30-16-8-14(25)7-15(26)9-16/h3-9,11H,28H2,1-2H3,(H2,29,31)(H,30,32). The summed E-state index contributed by atoms with van der Waals surface area (Å²) in [7, 11) is 0. The maximum Gasteiger partial charge on any atom is 0.267 e. The van der Waals surface area contributed by atoms with Crippen LogP contribution in [-0.2, 0) is 0 Å². The number of carbonyl (C=O) groups excluding carboxylic acids is 1. The molecule has 0 saturated heterocycles. The van der Waals surface area contributed by atoms with Crippen molar-refractivity contribution in [3.05, 3.63) is 68.5 Å². The maximum absolute atomic E-state index is 13.0. The molecule has 0 aliphatic heterocycles. The maximum atomic E-state index is 13.0. The van der Waals surface area contributed by atoms with Gasteiger partial charge in [0.15, 0.2) is 0 Å². The lowest BCUT2D eigenvalue weighted by Gasteiger charge is -2.11. The number of hydrogen-bond donors (Lipinski definition) is 3. The van der Waals surface area contributed by atoms with Crippen LogP contribution < -0.4 is 16.8 Å². The Balaban J connectivity index is 1.87. The van der Waals surface area contributed by atoms with E-state index in [1.165, 1.54) is 0 Å². The molecule has 0 unspecified atom stereocenters. The van der Waals surface area contributed by atoms with E-state index in [0.29, 0.717) is 37.4 Å². The third-order valence-electron chi connectivity index (χ3n) is 5.21. The lowest BCUT2D eigenvalue weighted by atomic mass is 9.94. The zero-order valence-corrected chi connectivity index (χ0v) is 20.1. The van der Waals surface area contributed by atoms with E-state index in [-0.39, 0.29) is 21.9 Å². The molecule has 1 amide bonds. The van der Waals surface area contributed by atoms with Crippen LogP contribution in [0, 0.1) is 11.3 Å². The number of anilines is 3. The first-order chi connectivity index (χ1) is 15.7. The number of nitrogens with one attached hydrogen (secondary N) is 1. The van der Waals surface area contributed by atoms with Gasteiger partial charge < -0.3 is 16.8 Å². The van der Waals surface area contributed by atoms with Crippen molar-refractivity contribution in [2.75, 3.05) is 16.8 Å². The number of nitrogens with zero attached hydrogens (tertiary/aromatic N) is 2. The number of aromatic nitrogens is 1. The minimum Gasteiger partial charge on any atom is -0.397 e. The minimum absolute atomic E-state index is 0.0859. The van der Waals surface area contributed by atoms with E-state index < -0.39 is 5.91 Å². The molecule has 4 aromatic rings. The quantitative estimate of drug-likeness (QED) is 0.291. The summed E-state index contributed by atoms with van der Waals surface area (Å²) in [6.07, 6.45) is 0. The van der Waals surface area contributed by atoms with Crippen molar-refractivity contribution < 1.29 is 4.79 Å². The number of benzene rings is 2. The molecule has 2 aromatic heterocycles. The first-order valence-electron chi connectivity index (χ1n) is 9.99. The molecule has 2 aromatic carbocycles. The highest BCUT2D eigenvalue weighted by atomic mass is 35.5. The summed E-state index contributed by atoms with van der Waals surface area (Å²) in [4.78, 5) is 18.1. The van der Waals surface area contributed by atoms with E-state index in [1.807, 2.05) is 24.3 Å². The van der Waals surface area contributed by atoms with Crippen LogP contribution in [0.4, 0.5) is 17.2 Å². The molecule has 0 fully saturated rings. The van der Waals surface area contributed by atoms with Gasteiger partial charge in [0.2, 0.25) is 0 Å². The van der Waals surface area contributed by atoms with Crippen LogP contribution >= 0.6 is 34.5 Å². The first kappa shape index (κ1) is 22.9. The van der Waals surface area contributed by atoms with E-state index in [2.05, 4.69) is 30.2 Å². The molecule has 0 bridgehead atoms. The number of amides is 1. The molecule has 33 heavy (non-hydrogen) atoms. The van der Waals surface area contributed by atoms with Crippen LogP contribution in [0.3, 0.4) is 0 Å². The minimum atomic E-state index is -0.438. The molecule has 0 aliphatic carbocycles. The monoisotopic (exact) mass is 495 g/mol. The fourth-order valence-electron chi connectivity index (χ4n) is 3.59. The van der Waals surface area contributed by atoms with E-state index >= 15 is 0 Å². The Bertz CT molecular complexity index is 1420. The Kier molecular flexibility index (Phi) is 6.17. The molecule has 0 radical (unpaired) electrons. The number of nitrogen functional groups attached to an aromatic ring is 2. The van der Waals surface area contributed by atoms with Gasteiger partial charge >= 0.3 is 0 Å². The SMILES string of the molecule is CC(C)c1ccc(-c2c(C#N)c(N)nc3sc(C(=O)Nc4cc(Cl)cc(Cl)c4)c(N)c23)cc1. The summed E-state index contributed by atoms with van der Waals surface area (Å²) in [5, 5.41) is 13.9. The van der Waals surface area contributed by atoms with Crippen LogP contribution in [-0.4, -0.2) is 10.9 Å². The van der Waals surface area contributed by atoms with E-state index in [4.69, 9.17) is 34.7 Å². The Morgan fingerprint density at radius 1 is 1.12 bits per heavy atom. The molecule has 6 nitrogen and oxygen atoms in total. The summed E-state index contributed by atoms with van der Waals surface area (Å²) in [5.74, 6) is 0.00769. The molecule has 2 heterocycles. The number of fused-ring (bicyclic) bond motifs is 1. The average molecular weight is 496 g/mol. The Hall–Kier alpha value is -3.31. The van der Waals surface area contributed by atoms with Crippen LogP contribution in [0.1, 0.15) is 40.6 Å². The summed E-state index contributed by atoms with van der Waals surface area (Å²) >= 11 is 13.2. The normalized spacial score (nSPS) is 11.0. The van der Waals surface area contributed by atoms with Crippen molar-refractivity contribution in [2.45, 2.75) is 19.8 Å². The van der Waals surface area contributed by atoms with Crippen molar-refractivity contribution >= 4 is 67.9 Å². The van der Waals surface area contributed by atoms with E-state index in [1.54, 1.807) is 18.2 Å². The number of carbonyl (C=O) groups is 1. The van der Waals surface area contributed by atoms with Crippen molar-refractivity contribution in [1.29, 1.82) is 5.26 Å².